The van der Waals surface area contributed by atoms with Crippen LogP contribution in [0, 0.1) is 5.92 Å². The molecule has 2 N–H and O–H groups in total. The fourth-order valence-electron chi connectivity index (χ4n) is 4.32. The molecule has 1 aromatic rings. The Kier molecular flexibility index (Phi) is 7.92. The van der Waals surface area contributed by atoms with E-state index in [9.17, 15) is 9.90 Å². The largest absolute Gasteiger partial charge is 0.459 e. The number of aliphatic hydroxyl groups excluding tert-OH is 1. The van der Waals surface area contributed by atoms with E-state index in [0.717, 1.165) is 24.8 Å². The molecule has 1 saturated carbocycles. The molecule has 28 heavy (non-hydrogen) atoms. The van der Waals surface area contributed by atoms with Gasteiger partial charge in [0.15, 0.2) is 5.76 Å². The Morgan fingerprint density at radius 1 is 1.21 bits per heavy atom. The van der Waals surface area contributed by atoms with Crippen molar-refractivity contribution in [2.24, 2.45) is 5.92 Å². The summed E-state index contributed by atoms with van der Waals surface area (Å²) in [7, 11) is 0. The number of carbonyl (C=O) groups is 1. The number of hydrogen-bond acceptors (Lipinski definition) is 4. The van der Waals surface area contributed by atoms with Gasteiger partial charge >= 0.3 is 0 Å². The number of nitrogens with one attached hydrogen (secondary N) is 1. The van der Waals surface area contributed by atoms with Crippen molar-refractivity contribution >= 4 is 5.91 Å². The zero-order valence-corrected chi connectivity index (χ0v) is 16.8. The highest BCUT2D eigenvalue weighted by atomic mass is 16.7. The Morgan fingerprint density at radius 3 is 2.64 bits per heavy atom. The molecule has 1 aromatic carbocycles. The Hall–Kier alpha value is -1.85. The second kappa shape index (κ2) is 10.6. The molecule has 1 heterocycles. The molecule has 0 bridgehead atoms. The zero-order chi connectivity index (χ0) is 19.8. The topological polar surface area (TPSA) is 67.8 Å². The summed E-state index contributed by atoms with van der Waals surface area (Å²) in [5, 5.41) is 12.5. The van der Waals surface area contributed by atoms with Crippen molar-refractivity contribution in [1.29, 1.82) is 0 Å². The fourth-order valence-corrected chi connectivity index (χ4v) is 4.32. The second-order valence-electron chi connectivity index (χ2n) is 7.75. The first-order chi connectivity index (χ1) is 13.7. The summed E-state index contributed by atoms with van der Waals surface area (Å²) in [6, 6.07) is 10.4. The summed E-state index contributed by atoms with van der Waals surface area (Å²) in [4.78, 5) is 12.9. The molecule has 1 aliphatic carbocycles. The molecule has 5 heteroatoms. The van der Waals surface area contributed by atoms with Gasteiger partial charge in [0.05, 0.1) is 0 Å². The lowest BCUT2D eigenvalue weighted by Crippen LogP contribution is -2.42. The van der Waals surface area contributed by atoms with Crippen LogP contribution >= 0.6 is 0 Å². The SMILES string of the molecule is CCO[C@@H]1OC(C(=O)NC2CCCCC2)=C[C@H](c2ccccc2)[C@@H]1CCCO. The standard InChI is InChI=1S/C23H33NO4/c1-2-27-23-19(14-9-15-25)20(17-10-5-3-6-11-17)16-21(28-23)22(26)24-18-12-7-4-8-13-18/h3,5-6,10-11,16,18-20,23,25H,2,4,7-9,12-15H2,1H3,(H,24,26)/t19-,20+,23+/m0/s1. The Balaban J connectivity index is 1.83. The molecule has 0 aromatic heterocycles. The maximum atomic E-state index is 12.9. The highest BCUT2D eigenvalue weighted by Gasteiger charge is 2.38. The van der Waals surface area contributed by atoms with Gasteiger partial charge in [-0.25, -0.2) is 0 Å². The summed E-state index contributed by atoms with van der Waals surface area (Å²) in [6.07, 6.45) is 8.58. The number of benzene rings is 1. The molecule has 5 nitrogen and oxygen atoms in total. The van der Waals surface area contributed by atoms with Gasteiger partial charge in [-0.2, -0.15) is 0 Å². The van der Waals surface area contributed by atoms with Gasteiger partial charge in [-0.05, 0) is 44.2 Å². The van der Waals surface area contributed by atoms with Crippen molar-refractivity contribution in [2.75, 3.05) is 13.2 Å². The van der Waals surface area contributed by atoms with Gasteiger partial charge in [0.1, 0.15) is 0 Å². The smallest absolute Gasteiger partial charge is 0.286 e. The minimum atomic E-state index is -0.487. The normalized spacial score (nSPS) is 25.6. The van der Waals surface area contributed by atoms with Crippen LogP contribution < -0.4 is 5.32 Å². The van der Waals surface area contributed by atoms with E-state index >= 15 is 0 Å². The van der Waals surface area contributed by atoms with E-state index in [2.05, 4.69) is 17.4 Å². The first-order valence-corrected chi connectivity index (χ1v) is 10.7. The summed E-state index contributed by atoms with van der Waals surface area (Å²) in [5.74, 6) is 0.294. The molecule has 0 spiro atoms. The van der Waals surface area contributed by atoms with E-state index < -0.39 is 6.29 Å². The van der Waals surface area contributed by atoms with Crippen LogP contribution in [0.2, 0.25) is 0 Å². The fraction of sp³-hybridized carbons (Fsp3) is 0.609. The molecule has 0 saturated heterocycles. The quantitative estimate of drug-likeness (QED) is 0.710. The van der Waals surface area contributed by atoms with Crippen LogP contribution in [0.1, 0.15) is 63.4 Å². The molecular weight excluding hydrogens is 354 g/mol. The highest BCUT2D eigenvalue weighted by Crippen LogP contribution is 2.39. The van der Waals surface area contributed by atoms with E-state index in [1.807, 2.05) is 31.2 Å². The molecule has 3 rings (SSSR count). The van der Waals surface area contributed by atoms with Gasteiger partial charge in [-0.3, -0.25) is 4.79 Å². The highest BCUT2D eigenvalue weighted by molar-refractivity contribution is 5.92. The monoisotopic (exact) mass is 387 g/mol. The number of hydrogen-bond donors (Lipinski definition) is 2. The number of aliphatic hydroxyl groups is 1. The molecule has 1 aliphatic heterocycles. The molecule has 1 fully saturated rings. The number of allylic oxidation sites excluding steroid dienone is 1. The zero-order valence-electron chi connectivity index (χ0n) is 16.8. The third kappa shape index (κ3) is 5.36. The van der Waals surface area contributed by atoms with E-state index in [1.165, 1.54) is 19.3 Å². The van der Waals surface area contributed by atoms with Crippen molar-refractivity contribution in [3.63, 3.8) is 0 Å². The molecule has 3 atom stereocenters. The number of amides is 1. The van der Waals surface area contributed by atoms with Gasteiger partial charge in [-0.15, -0.1) is 0 Å². The van der Waals surface area contributed by atoms with Crippen LogP contribution in [0.3, 0.4) is 0 Å². The van der Waals surface area contributed by atoms with Crippen LogP contribution in [-0.2, 0) is 14.3 Å². The van der Waals surface area contributed by atoms with E-state index in [-0.39, 0.29) is 30.4 Å². The summed E-state index contributed by atoms with van der Waals surface area (Å²) < 4.78 is 11.9. The van der Waals surface area contributed by atoms with E-state index in [4.69, 9.17) is 9.47 Å². The third-order valence-electron chi connectivity index (χ3n) is 5.76. The first-order valence-electron chi connectivity index (χ1n) is 10.7. The first kappa shape index (κ1) is 20.9. The maximum Gasteiger partial charge on any atom is 0.286 e. The Labute approximate surface area is 168 Å². The maximum absolute atomic E-state index is 12.9. The van der Waals surface area contributed by atoms with Gasteiger partial charge < -0.3 is 19.9 Å². The van der Waals surface area contributed by atoms with Crippen LogP contribution in [0.5, 0.6) is 0 Å². The van der Waals surface area contributed by atoms with Crippen LogP contribution in [0.25, 0.3) is 0 Å². The molecule has 0 radical (unpaired) electrons. The van der Waals surface area contributed by atoms with Gasteiger partial charge in [-0.1, -0.05) is 49.6 Å². The summed E-state index contributed by atoms with van der Waals surface area (Å²) >= 11 is 0. The van der Waals surface area contributed by atoms with Gasteiger partial charge in [0.2, 0.25) is 6.29 Å². The van der Waals surface area contributed by atoms with Crippen molar-refractivity contribution in [3.8, 4) is 0 Å². The predicted octanol–water partition coefficient (Wildman–Crippen LogP) is 3.88. The lowest BCUT2D eigenvalue weighted by Gasteiger charge is -2.37. The lowest BCUT2D eigenvalue weighted by molar-refractivity contribution is -0.166. The average molecular weight is 388 g/mol. The van der Waals surface area contributed by atoms with Gasteiger partial charge in [0.25, 0.3) is 5.91 Å². The van der Waals surface area contributed by atoms with Crippen molar-refractivity contribution in [1.82, 2.24) is 5.32 Å². The molecular formula is C23H33NO4. The minimum absolute atomic E-state index is 0.0187. The summed E-state index contributed by atoms with van der Waals surface area (Å²) in [6.45, 7) is 2.58. The van der Waals surface area contributed by atoms with Crippen LogP contribution in [0.4, 0.5) is 0 Å². The second-order valence-corrected chi connectivity index (χ2v) is 7.75. The van der Waals surface area contributed by atoms with Crippen LogP contribution in [0.15, 0.2) is 42.2 Å². The molecule has 154 valence electrons. The number of carbonyl (C=O) groups excluding carboxylic acids is 1. The van der Waals surface area contributed by atoms with E-state index in [0.29, 0.717) is 18.8 Å². The molecule has 1 amide bonds. The number of ether oxygens (including phenoxy) is 2. The third-order valence-corrected chi connectivity index (χ3v) is 5.76. The molecule has 0 unspecified atom stereocenters. The van der Waals surface area contributed by atoms with E-state index in [1.54, 1.807) is 0 Å². The average Bonchev–Trinajstić information content (AvgIpc) is 2.74. The van der Waals surface area contributed by atoms with Crippen LogP contribution in [-0.4, -0.2) is 36.6 Å². The van der Waals surface area contributed by atoms with Crippen molar-refractivity contribution in [3.05, 3.63) is 47.7 Å². The van der Waals surface area contributed by atoms with Gasteiger partial charge in [0, 0.05) is 31.1 Å². The van der Waals surface area contributed by atoms with Crippen molar-refractivity contribution in [2.45, 2.75) is 70.1 Å². The molecule has 2 aliphatic rings. The predicted molar refractivity (Wildman–Crippen MR) is 109 cm³/mol. The lowest BCUT2D eigenvalue weighted by atomic mass is 9.80. The number of rotatable bonds is 8. The Morgan fingerprint density at radius 2 is 1.96 bits per heavy atom. The van der Waals surface area contributed by atoms with Crippen molar-refractivity contribution < 1.29 is 19.4 Å². The Bertz CT molecular complexity index is 639. The summed E-state index contributed by atoms with van der Waals surface area (Å²) in [5.41, 5.74) is 1.14. The minimum Gasteiger partial charge on any atom is -0.459 e.